The number of hydrogen-bond acceptors (Lipinski definition) is 3. The second-order valence-corrected chi connectivity index (χ2v) is 8.00. The van der Waals surface area contributed by atoms with Crippen molar-refractivity contribution in [3.05, 3.63) is 12.2 Å². The SMILES string of the molecule is CCCC1C(=O)C2(CC3CCC=CC3C(C)(O)C2C)C(=O)N1C. The summed E-state index contributed by atoms with van der Waals surface area (Å²) < 4.78 is 0. The molecular weight excluding hydrogens is 290 g/mol. The maximum absolute atomic E-state index is 13.3. The minimum absolute atomic E-state index is 0.0487. The molecular formula is C19H29NO3. The predicted octanol–water partition coefficient (Wildman–Crippen LogP) is 2.56. The van der Waals surface area contributed by atoms with Gasteiger partial charge >= 0.3 is 0 Å². The molecule has 3 rings (SSSR count). The van der Waals surface area contributed by atoms with Gasteiger partial charge in [0.15, 0.2) is 5.78 Å². The Bertz CT molecular complexity index is 553. The second kappa shape index (κ2) is 5.44. The van der Waals surface area contributed by atoms with Crippen LogP contribution in [0.1, 0.15) is 52.9 Å². The normalized spacial score (nSPS) is 46.6. The van der Waals surface area contributed by atoms with E-state index in [0.717, 1.165) is 19.3 Å². The Morgan fingerprint density at radius 1 is 1.39 bits per heavy atom. The lowest BCUT2D eigenvalue weighted by Crippen LogP contribution is -2.61. The highest BCUT2D eigenvalue weighted by atomic mass is 16.3. The van der Waals surface area contributed by atoms with Crippen molar-refractivity contribution in [1.82, 2.24) is 4.90 Å². The molecule has 6 atom stereocenters. The van der Waals surface area contributed by atoms with Gasteiger partial charge in [0.05, 0.1) is 11.6 Å². The summed E-state index contributed by atoms with van der Waals surface area (Å²) in [5.41, 5.74) is -2.04. The zero-order valence-electron chi connectivity index (χ0n) is 14.7. The van der Waals surface area contributed by atoms with E-state index in [2.05, 4.69) is 12.2 Å². The van der Waals surface area contributed by atoms with Crippen molar-refractivity contribution in [2.45, 2.75) is 64.5 Å². The molecule has 4 heteroatoms. The topological polar surface area (TPSA) is 57.6 Å². The van der Waals surface area contributed by atoms with E-state index >= 15 is 0 Å². The third-order valence-corrected chi connectivity index (χ3v) is 6.90. The van der Waals surface area contributed by atoms with Gasteiger partial charge in [0.1, 0.15) is 5.41 Å². The number of allylic oxidation sites excluding steroid dienone is 1. The summed E-state index contributed by atoms with van der Waals surface area (Å²) in [4.78, 5) is 28.1. The first-order valence-corrected chi connectivity index (χ1v) is 8.99. The van der Waals surface area contributed by atoms with Crippen LogP contribution in [0.4, 0.5) is 0 Å². The highest BCUT2D eigenvalue weighted by molar-refractivity contribution is 6.14. The molecule has 1 spiro atoms. The fourth-order valence-corrected chi connectivity index (χ4v) is 5.39. The first-order chi connectivity index (χ1) is 10.8. The van der Waals surface area contributed by atoms with E-state index in [1.165, 1.54) is 0 Å². The first kappa shape index (κ1) is 16.7. The molecule has 2 fully saturated rings. The monoisotopic (exact) mass is 319 g/mol. The number of ketones is 1. The van der Waals surface area contributed by atoms with Crippen molar-refractivity contribution in [1.29, 1.82) is 0 Å². The quantitative estimate of drug-likeness (QED) is 0.628. The number of likely N-dealkylation sites (N-methyl/N-ethyl adjacent to an activating group) is 1. The van der Waals surface area contributed by atoms with Gasteiger partial charge in [-0.2, -0.15) is 0 Å². The molecule has 6 unspecified atom stereocenters. The zero-order valence-corrected chi connectivity index (χ0v) is 14.7. The largest absolute Gasteiger partial charge is 0.389 e. The van der Waals surface area contributed by atoms with E-state index in [1.807, 2.05) is 20.8 Å². The highest BCUT2D eigenvalue weighted by Crippen LogP contribution is 2.58. The van der Waals surface area contributed by atoms with Gasteiger partial charge in [-0.05, 0) is 38.5 Å². The second-order valence-electron chi connectivity index (χ2n) is 8.00. The Kier molecular flexibility index (Phi) is 3.95. The molecule has 1 heterocycles. The zero-order chi connectivity index (χ0) is 17.0. The number of nitrogens with zero attached hydrogens (tertiary/aromatic N) is 1. The van der Waals surface area contributed by atoms with Crippen LogP contribution in [0, 0.1) is 23.2 Å². The van der Waals surface area contributed by atoms with Gasteiger partial charge in [-0.3, -0.25) is 9.59 Å². The summed E-state index contributed by atoms with van der Waals surface area (Å²) in [7, 11) is 1.75. The maximum atomic E-state index is 13.3. The number of amides is 1. The molecule has 0 aromatic heterocycles. The van der Waals surface area contributed by atoms with Gasteiger partial charge < -0.3 is 10.0 Å². The van der Waals surface area contributed by atoms with Gasteiger partial charge in [0.2, 0.25) is 5.91 Å². The number of Topliss-reactive ketones (excluding diaryl/α,β-unsaturated/α-hetero) is 1. The van der Waals surface area contributed by atoms with E-state index in [4.69, 9.17) is 0 Å². The molecule has 1 N–H and O–H groups in total. The van der Waals surface area contributed by atoms with Gasteiger partial charge in [-0.1, -0.05) is 32.4 Å². The van der Waals surface area contributed by atoms with Crippen LogP contribution in [0.25, 0.3) is 0 Å². The lowest BCUT2D eigenvalue weighted by atomic mass is 9.50. The summed E-state index contributed by atoms with van der Waals surface area (Å²) in [5, 5.41) is 11.2. The van der Waals surface area contributed by atoms with Crippen LogP contribution in [-0.2, 0) is 9.59 Å². The average molecular weight is 319 g/mol. The van der Waals surface area contributed by atoms with E-state index in [0.29, 0.717) is 12.8 Å². The fourth-order valence-electron chi connectivity index (χ4n) is 5.39. The predicted molar refractivity (Wildman–Crippen MR) is 88.7 cm³/mol. The lowest BCUT2D eigenvalue weighted by Gasteiger charge is -2.53. The number of hydrogen-bond donors (Lipinski definition) is 1. The number of carbonyl (C=O) groups is 2. The van der Waals surface area contributed by atoms with Crippen LogP contribution in [0.2, 0.25) is 0 Å². The molecule has 0 radical (unpaired) electrons. The van der Waals surface area contributed by atoms with Gasteiger partial charge in [0, 0.05) is 18.9 Å². The van der Waals surface area contributed by atoms with E-state index in [9.17, 15) is 14.7 Å². The number of rotatable bonds is 2. The molecule has 1 saturated carbocycles. The molecule has 1 saturated heterocycles. The van der Waals surface area contributed by atoms with Crippen molar-refractivity contribution in [2.75, 3.05) is 7.05 Å². The standard InChI is InChI=1S/C19H29NO3/c1-5-8-15-16(21)19(17(22)20(15)4)11-13-9-6-7-10-14(13)18(3,23)12(19)2/h7,10,12-15,23H,5-6,8-9,11H2,1-4H3. The van der Waals surface area contributed by atoms with Gasteiger partial charge in [-0.15, -0.1) is 0 Å². The lowest BCUT2D eigenvalue weighted by molar-refractivity contribution is -0.171. The Hall–Kier alpha value is -1.16. The molecule has 0 aromatic carbocycles. The molecule has 1 amide bonds. The number of likely N-dealkylation sites (tertiary alicyclic amines) is 1. The van der Waals surface area contributed by atoms with E-state index in [-0.39, 0.29) is 35.5 Å². The summed E-state index contributed by atoms with van der Waals surface area (Å²) in [5.74, 6) is -0.112. The van der Waals surface area contributed by atoms with E-state index in [1.54, 1.807) is 11.9 Å². The van der Waals surface area contributed by atoms with Crippen LogP contribution in [0.3, 0.4) is 0 Å². The third-order valence-electron chi connectivity index (χ3n) is 6.90. The maximum Gasteiger partial charge on any atom is 0.237 e. The summed E-state index contributed by atoms with van der Waals surface area (Å²) >= 11 is 0. The van der Waals surface area contributed by atoms with Crippen molar-refractivity contribution in [3.63, 3.8) is 0 Å². The van der Waals surface area contributed by atoms with Crippen molar-refractivity contribution in [3.8, 4) is 0 Å². The third kappa shape index (κ3) is 2.07. The summed E-state index contributed by atoms with van der Waals surface area (Å²) in [6.45, 7) is 5.76. The number of aliphatic hydroxyl groups is 1. The first-order valence-electron chi connectivity index (χ1n) is 8.99. The van der Waals surface area contributed by atoms with Crippen LogP contribution in [0.5, 0.6) is 0 Å². The minimum atomic E-state index is -1.02. The number of fused-ring (bicyclic) bond motifs is 1. The smallest absolute Gasteiger partial charge is 0.237 e. The van der Waals surface area contributed by atoms with Crippen LogP contribution in [-0.4, -0.2) is 40.4 Å². The highest BCUT2D eigenvalue weighted by Gasteiger charge is 2.67. The molecule has 2 aliphatic carbocycles. The average Bonchev–Trinajstić information content (AvgIpc) is 2.70. The van der Waals surface area contributed by atoms with Crippen LogP contribution in [0.15, 0.2) is 12.2 Å². The molecule has 23 heavy (non-hydrogen) atoms. The molecule has 128 valence electrons. The molecule has 0 aromatic rings. The molecule has 0 bridgehead atoms. The Morgan fingerprint density at radius 3 is 2.74 bits per heavy atom. The van der Waals surface area contributed by atoms with Crippen molar-refractivity contribution >= 4 is 11.7 Å². The Labute approximate surface area is 138 Å². The number of carbonyl (C=O) groups excluding carboxylic acids is 2. The van der Waals surface area contributed by atoms with Gasteiger partial charge in [-0.25, -0.2) is 0 Å². The molecule has 4 nitrogen and oxygen atoms in total. The molecule has 1 aliphatic heterocycles. The Balaban J connectivity index is 2.06. The van der Waals surface area contributed by atoms with Crippen molar-refractivity contribution in [2.24, 2.45) is 23.2 Å². The molecule has 3 aliphatic rings. The summed E-state index contributed by atoms with van der Waals surface area (Å²) in [6, 6.07) is -0.318. The van der Waals surface area contributed by atoms with Crippen molar-refractivity contribution < 1.29 is 14.7 Å². The Morgan fingerprint density at radius 2 is 2.09 bits per heavy atom. The van der Waals surface area contributed by atoms with E-state index < -0.39 is 11.0 Å². The minimum Gasteiger partial charge on any atom is -0.389 e. The summed E-state index contributed by atoms with van der Waals surface area (Å²) in [6.07, 6.45) is 8.35. The van der Waals surface area contributed by atoms with Gasteiger partial charge in [0.25, 0.3) is 0 Å². The van der Waals surface area contributed by atoms with Crippen LogP contribution >= 0.6 is 0 Å². The van der Waals surface area contributed by atoms with Crippen LogP contribution < -0.4 is 0 Å². The fraction of sp³-hybridized carbons (Fsp3) is 0.789.